The van der Waals surface area contributed by atoms with Crippen molar-refractivity contribution in [1.29, 1.82) is 0 Å². The van der Waals surface area contributed by atoms with Gasteiger partial charge in [0.25, 0.3) is 0 Å². The lowest BCUT2D eigenvalue weighted by molar-refractivity contribution is 0.0933. The fraction of sp³-hybridized carbons (Fsp3) is 0.444. The van der Waals surface area contributed by atoms with Crippen LogP contribution in [-0.2, 0) is 6.42 Å². The van der Waals surface area contributed by atoms with Crippen molar-refractivity contribution in [2.24, 2.45) is 11.8 Å². The number of benzene rings is 1. The molecule has 0 amide bonds. The summed E-state index contributed by atoms with van der Waals surface area (Å²) < 4.78 is 13.7. The number of fused-ring (bicyclic) bond motifs is 3. The predicted octanol–water partition coefficient (Wildman–Crippen LogP) is 3.75. The molecule has 3 atom stereocenters. The summed E-state index contributed by atoms with van der Waals surface area (Å²) in [6, 6.07) is 5.91. The van der Waals surface area contributed by atoms with Crippen LogP contribution >= 0.6 is 0 Å². The molecule has 1 aromatic heterocycles. The number of nitrogens with zero attached hydrogens (tertiary/aromatic N) is 1. The van der Waals surface area contributed by atoms with Crippen LogP contribution in [0.3, 0.4) is 0 Å². The smallest absolute Gasteiger partial charge is 0.147 e. The van der Waals surface area contributed by atoms with Crippen molar-refractivity contribution < 1.29 is 4.39 Å². The highest BCUT2D eigenvalue weighted by molar-refractivity contribution is 5.83. The van der Waals surface area contributed by atoms with Gasteiger partial charge in [-0.05, 0) is 36.3 Å². The topological polar surface area (TPSA) is 19.0 Å². The molecule has 110 valence electrons. The van der Waals surface area contributed by atoms with Crippen LogP contribution in [-0.4, -0.2) is 29.0 Å². The molecule has 0 radical (unpaired) electrons. The number of hydrogen-bond acceptors (Lipinski definition) is 1. The molecule has 0 saturated carbocycles. The third kappa shape index (κ3) is 2.20. The summed E-state index contributed by atoms with van der Waals surface area (Å²) in [6.45, 7) is 4.59. The van der Waals surface area contributed by atoms with Crippen molar-refractivity contribution in [3.63, 3.8) is 0 Å². The van der Waals surface area contributed by atoms with E-state index >= 15 is 0 Å². The molecular formula is C18H21FN2. The number of piperidine rings is 1. The van der Waals surface area contributed by atoms with Crippen LogP contribution in [0.5, 0.6) is 0 Å². The summed E-state index contributed by atoms with van der Waals surface area (Å²) in [5.74, 6) is 1.33. The highest BCUT2D eigenvalue weighted by atomic mass is 19.1. The van der Waals surface area contributed by atoms with Crippen molar-refractivity contribution in [3.05, 3.63) is 47.9 Å². The highest BCUT2D eigenvalue weighted by Crippen LogP contribution is 2.34. The first-order valence-corrected chi connectivity index (χ1v) is 7.89. The Hall–Kier alpha value is -1.61. The molecule has 2 bridgehead atoms. The number of halogens is 1. The molecule has 2 nitrogen and oxygen atoms in total. The Balaban J connectivity index is 1.52. The normalized spacial score (nSPS) is 28.6. The monoisotopic (exact) mass is 284 g/mol. The summed E-state index contributed by atoms with van der Waals surface area (Å²) in [4.78, 5) is 5.67. The molecule has 3 heteroatoms. The number of aromatic amines is 1. The van der Waals surface area contributed by atoms with Gasteiger partial charge in [0.1, 0.15) is 5.82 Å². The van der Waals surface area contributed by atoms with Gasteiger partial charge in [-0.15, -0.1) is 0 Å². The largest absolute Gasteiger partial charge is 0.359 e. The van der Waals surface area contributed by atoms with Crippen LogP contribution in [0.1, 0.15) is 18.9 Å². The lowest BCUT2D eigenvalue weighted by atomic mass is 9.78. The van der Waals surface area contributed by atoms with Crippen molar-refractivity contribution in [1.82, 2.24) is 9.88 Å². The second kappa shape index (κ2) is 4.99. The first kappa shape index (κ1) is 13.1. The fourth-order valence-corrected chi connectivity index (χ4v) is 4.08. The Kier molecular flexibility index (Phi) is 3.11. The number of para-hydroxylation sites is 1. The third-order valence-electron chi connectivity index (χ3n) is 5.15. The minimum atomic E-state index is -0.160. The molecule has 21 heavy (non-hydrogen) atoms. The van der Waals surface area contributed by atoms with E-state index in [0.717, 1.165) is 30.2 Å². The fourth-order valence-electron chi connectivity index (χ4n) is 4.08. The second-order valence-electron chi connectivity index (χ2n) is 6.57. The molecule has 1 saturated heterocycles. The Morgan fingerprint density at radius 2 is 2.24 bits per heavy atom. The average Bonchev–Trinajstić information content (AvgIpc) is 2.90. The maximum Gasteiger partial charge on any atom is 0.147 e. The summed E-state index contributed by atoms with van der Waals surface area (Å²) in [6.07, 6.45) is 9.05. The zero-order valence-corrected chi connectivity index (χ0v) is 12.3. The minimum absolute atomic E-state index is 0.160. The molecule has 1 aliphatic carbocycles. The predicted molar refractivity (Wildman–Crippen MR) is 83.7 cm³/mol. The van der Waals surface area contributed by atoms with Gasteiger partial charge in [0.2, 0.25) is 0 Å². The average molecular weight is 284 g/mol. The van der Waals surface area contributed by atoms with E-state index in [4.69, 9.17) is 0 Å². The number of rotatable bonds is 3. The van der Waals surface area contributed by atoms with Gasteiger partial charge in [-0.3, -0.25) is 4.90 Å². The Labute approximate surface area is 124 Å². The van der Waals surface area contributed by atoms with Gasteiger partial charge < -0.3 is 4.98 Å². The van der Waals surface area contributed by atoms with E-state index in [1.165, 1.54) is 24.6 Å². The zero-order chi connectivity index (χ0) is 14.4. The molecule has 1 fully saturated rings. The van der Waals surface area contributed by atoms with Gasteiger partial charge in [0.15, 0.2) is 0 Å². The minimum Gasteiger partial charge on any atom is -0.359 e. The van der Waals surface area contributed by atoms with Gasteiger partial charge in [-0.25, -0.2) is 4.39 Å². The molecule has 3 heterocycles. The highest BCUT2D eigenvalue weighted by Gasteiger charge is 2.34. The first-order chi connectivity index (χ1) is 10.2. The SMILES string of the molecule is CC1CC2C=CC1N(CCc1c[nH]c3c(F)cccc13)C2. The van der Waals surface area contributed by atoms with E-state index < -0.39 is 0 Å². The molecule has 0 spiro atoms. The third-order valence-corrected chi connectivity index (χ3v) is 5.15. The van der Waals surface area contributed by atoms with Crippen LogP contribution in [0.25, 0.3) is 10.9 Å². The molecule has 5 rings (SSSR count). The number of nitrogens with one attached hydrogen (secondary N) is 1. The van der Waals surface area contributed by atoms with Gasteiger partial charge in [-0.2, -0.15) is 0 Å². The van der Waals surface area contributed by atoms with E-state index in [1.807, 2.05) is 12.3 Å². The lowest BCUT2D eigenvalue weighted by Crippen LogP contribution is -2.50. The van der Waals surface area contributed by atoms with Gasteiger partial charge >= 0.3 is 0 Å². The van der Waals surface area contributed by atoms with E-state index in [0.29, 0.717) is 11.6 Å². The summed E-state index contributed by atoms with van der Waals surface area (Å²) in [5, 5.41) is 1.03. The van der Waals surface area contributed by atoms with E-state index in [-0.39, 0.29) is 5.82 Å². The van der Waals surface area contributed by atoms with Gasteiger partial charge in [0, 0.05) is 30.7 Å². The number of hydrogen-bond donors (Lipinski definition) is 1. The molecule has 1 aromatic carbocycles. The Morgan fingerprint density at radius 3 is 3.05 bits per heavy atom. The van der Waals surface area contributed by atoms with Crippen LogP contribution < -0.4 is 0 Å². The Morgan fingerprint density at radius 1 is 1.33 bits per heavy atom. The van der Waals surface area contributed by atoms with Gasteiger partial charge in [0.05, 0.1) is 5.52 Å². The first-order valence-electron chi connectivity index (χ1n) is 7.89. The van der Waals surface area contributed by atoms with Crippen LogP contribution in [0, 0.1) is 17.7 Å². The molecule has 3 unspecified atom stereocenters. The van der Waals surface area contributed by atoms with Crippen molar-refractivity contribution in [3.8, 4) is 0 Å². The summed E-state index contributed by atoms with van der Waals surface area (Å²) in [5.41, 5.74) is 1.86. The standard InChI is InChI=1S/C18H21FN2/c1-12-9-13-5-6-17(12)21(11-13)8-7-14-10-20-18-15(14)3-2-4-16(18)19/h2-6,10,12-13,17,20H,7-9,11H2,1H3. The zero-order valence-electron chi connectivity index (χ0n) is 12.3. The lowest BCUT2D eigenvalue weighted by Gasteiger charge is -2.45. The van der Waals surface area contributed by atoms with Crippen molar-refractivity contribution >= 4 is 10.9 Å². The molecular weight excluding hydrogens is 263 g/mol. The van der Waals surface area contributed by atoms with Crippen LogP contribution in [0.4, 0.5) is 4.39 Å². The maximum absolute atomic E-state index is 13.7. The van der Waals surface area contributed by atoms with E-state index in [2.05, 4.69) is 29.0 Å². The molecule has 2 aromatic rings. The van der Waals surface area contributed by atoms with E-state index in [9.17, 15) is 4.39 Å². The molecule has 3 aliphatic rings. The maximum atomic E-state index is 13.7. The Bertz CT molecular complexity index is 688. The van der Waals surface area contributed by atoms with Gasteiger partial charge in [-0.1, -0.05) is 31.2 Å². The number of H-pyrrole nitrogens is 1. The van der Waals surface area contributed by atoms with Crippen molar-refractivity contribution in [2.75, 3.05) is 13.1 Å². The molecule has 1 N–H and O–H groups in total. The van der Waals surface area contributed by atoms with Crippen LogP contribution in [0.2, 0.25) is 0 Å². The quantitative estimate of drug-likeness (QED) is 0.851. The van der Waals surface area contributed by atoms with E-state index in [1.54, 1.807) is 6.07 Å². The second-order valence-corrected chi connectivity index (χ2v) is 6.57. The van der Waals surface area contributed by atoms with Crippen molar-refractivity contribution in [2.45, 2.75) is 25.8 Å². The number of aromatic nitrogens is 1. The van der Waals surface area contributed by atoms with Crippen LogP contribution in [0.15, 0.2) is 36.5 Å². The molecule has 2 aliphatic heterocycles. The summed E-state index contributed by atoms with van der Waals surface area (Å²) >= 11 is 0. The summed E-state index contributed by atoms with van der Waals surface area (Å²) in [7, 11) is 0.